The van der Waals surface area contributed by atoms with E-state index in [-0.39, 0.29) is 0 Å². The number of hydrogen-bond acceptors (Lipinski definition) is 3. The van der Waals surface area contributed by atoms with E-state index in [0.717, 1.165) is 28.9 Å². The number of anilines is 2. The van der Waals surface area contributed by atoms with Crippen LogP contribution >= 0.6 is 15.9 Å². The minimum atomic E-state index is 0.810. The Labute approximate surface area is 105 Å². The van der Waals surface area contributed by atoms with Gasteiger partial charge >= 0.3 is 0 Å². The first-order valence-electron chi connectivity index (χ1n) is 5.77. The fraction of sp³-hybridized carbons (Fsp3) is 0.500. The Hall–Kier alpha value is -0.740. The molecule has 2 rings (SSSR count). The summed E-state index contributed by atoms with van der Waals surface area (Å²) in [6, 6.07) is 5.91. The molecule has 0 radical (unpaired) electrons. The van der Waals surface area contributed by atoms with Crippen molar-refractivity contribution < 1.29 is 0 Å². The van der Waals surface area contributed by atoms with Crippen molar-refractivity contribution >= 4 is 27.3 Å². The van der Waals surface area contributed by atoms with Crippen LogP contribution in [-0.2, 0) is 0 Å². The Kier molecular flexibility index (Phi) is 4.07. The standard InChI is InChI=1S/C12H18BrN3/c13-10-3-4-11(14)12(9-10)15-5-8-16-6-1-2-7-16/h3-4,9,15H,1-2,5-8,14H2. The topological polar surface area (TPSA) is 41.3 Å². The predicted molar refractivity (Wildman–Crippen MR) is 72.7 cm³/mol. The summed E-state index contributed by atoms with van der Waals surface area (Å²) in [7, 11) is 0. The van der Waals surface area contributed by atoms with Crippen LogP contribution in [0.5, 0.6) is 0 Å². The predicted octanol–water partition coefficient (Wildman–Crippen LogP) is 2.54. The number of nitrogens with two attached hydrogens (primary N) is 1. The summed E-state index contributed by atoms with van der Waals surface area (Å²) in [5.74, 6) is 0. The SMILES string of the molecule is Nc1ccc(Br)cc1NCCN1CCCC1. The fourth-order valence-corrected chi connectivity index (χ4v) is 2.40. The largest absolute Gasteiger partial charge is 0.397 e. The summed E-state index contributed by atoms with van der Waals surface area (Å²) in [4.78, 5) is 2.49. The maximum atomic E-state index is 5.89. The number of benzene rings is 1. The molecule has 16 heavy (non-hydrogen) atoms. The van der Waals surface area contributed by atoms with E-state index in [4.69, 9.17) is 5.73 Å². The van der Waals surface area contributed by atoms with Crippen molar-refractivity contribution in [2.24, 2.45) is 0 Å². The Morgan fingerprint density at radius 1 is 1.31 bits per heavy atom. The Balaban J connectivity index is 1.82. The van der Waals surface area contributed by atoms with Crippen molar-refractivity contribution in [1.82, 2.24) is 4.90 Å². The normalized spacial score (nSPS) is 16.6. The molecule has 3 nitrogen and oxygen atoms in total. The maximum absolute atomic E-state index is 5.89. The van der Waals surface area contributed by atoms with Crippen LogP contribution in [0.4, 0.5) is 11.4 Å². The Morgan fingerprint density at radius 2 is 2.06 bits per heavy atom. The van der Waals surface area contributed by atoms with Gasteiger partial charge in [0.1, 0.15) is 0 Å². The number of rotatable bonds is 4. The van der Waals surface area contributed by atoms with Gasteiger partial charge in [0.2, 0.25) is 0 Å². The first-order chi connectivity index (χ1) is 7.75. The highest BCUT2D eigenvalue weighted by Crippen LogP contribution is 2.23. The van der Waals surface area contributed by atoms with Crippen LogP contribution in [0.3, 0.4) is 0 Å². The summed E-state index contributed by atoms with van der Waals surface area (Å²) >= 11 is 3.45. The van der Waals surface area contributed by atoms with Crippen molar-refractivity contribution in [3.63, 3.8) is 0 Å². The molecule has 4 heteroatoms. The van der Waals surface area contributed by atoms with E-state index in [1.54, 1.807) is 0 Å². The molecule has 0 bridgehead atoms. The number of nitrogens with one attached hydrogen (secondary N) is 1. The summed E-state index contributed by atoms with van der Waals surface area (Å²) in [6.45, 7) is 4.55. The molecule has 1 aromatic carbocycles. The van der Waals surface area contributed by atoms with Crippen LogP contribution in [0.2, 0.25) is 0 Å². The minimum absolute atomic E-state index is 0.810. The summed E-state index contributed by atoms with van der Waals surface area (Å²) in [6.07, 6.45) is 2.69. The highest BCUT2D eigenvalue weighted by atomic mass is 79.9. The van der Waals surface area contributed by atoms with Crippen LogP contribution in [-0.4, -0.2) is 31.1 Å². The van der Waals surface area contributed by atoms with Crippen molar-refractivity contribution in [3.05, 3.63) is 22.7 Å². The lowest BCUT2D eigenvalue weighted by molar-refractivity contribution is 0.353. The second-order valence-electron chi connectivity index (χ2n) is 4.21. The molecule has 0 unspecified atom stereocenters. The number of nitrogen functional groups attached to an aromatic ring is 1. The molecule has 1 aliphatic heterocycles. The Morgan fingerprint density at radius 3 is 2.81 bits per heavy atom. The molecular weight excluding hydrogens is 266 g/mol. The average Bonchev–Trinajstić information content (AvgIpc) is 2.76. The lowest BCUT2D eigenvalue weighted by Gasteiger charge is -2.16. The molecule has 0 amide bonds. The Bertz CT molecular complexity index is 348. The van der Waals surface area contributed by atoms with Gasteiger partial charge in [-0.05, 0) is 44.1 Å². The zero-order chi connectivity index (χ0) is 11.4. The van der Waals surface area contributed by atoms with E-state index >= 15 is 0 Å². The van der Waals surface area contributed by atoms with Crippen LogP contribution in [0.1, 0.15) is 12.8 Å². The van der Waals surface area contributed by atoms with Crippen LogP contribution in [0.25, 0.3) is 0 Å². The van der Waals surface area contributed by atoms with Gasteiger partial charge < -0.3 is 16.0 Å². The van der Waals surface area contributed by atoms with Crippen molar-refractivity contribution in [2.75, 3.05) is 37.2 Å². The smallest absolute Gasteiger partial charge is 0.0585 e. The van der Waals surface area contributed by atoms with Gasteiger partial charge in [0, 0.05) is 17.6 Å². The second kappa shape index (κ2) is 5.55. The lowest BCUT2D eigenvalue weighted by atomic mass is 10.2. The van der Waals surface area contributed by atoms with Gasteiger partial charge in [-0.3, -0.25) is 0 Å². The highest BCUT2D eigenvalue weighted by molar-refractivity contribution is 9.10. The summed E-state index contributed by atoms with van der Waals surface area (Å²) < 4.78 is 1.06. The fourth-order valence-electron chi connectivity index (χ4n) is 2.04. The zero-order valence-corrected chi connectivity index (χ0v) is 11.0. The van der Waals surface area contributed by atoms with Gasteiger partial charge in [-0.2, -0.15) is 0 Å². The molecule has 0 spiro atoms. The van der Waals surface area contributed by atoms with Crippen molar-refractivity contribution in [2.45, 2.75) is 12.8 Å². The van der Waals surface area contributed by atoms with E-state index < -0.39 is 0 Å². The zero-order valence-electron chi connectivity index (χ0n) is 9.38. The van der Waals surface area contributed by atoms with E-state index in [2.05, 4.69) is 26.1 Å². The lowest BCUT2D eigenvalue weighted by Crippen LogP contribution is -2.26. The molecule has 1 fully saturated rings. The van der Waals surface area contributed by atoms with Gasteiger partial charge in [-0.15, -0.1) is 0 Å². The third-order valence-electron chi connectivity index (χ3n) is 2.96. The van der Waals surface area contributed by atoms with Crippen molar-refractivity contribution in [3.8, 4) is 0 Å². The molecule has 0 atom stereocenters. The molecule has 0 saturated carbocycles. The van der Waals surface area contributed by atoms with Gasteiger partial charge in [0.25, 0.3) is 0 Å². The molecule has 88 valence electrons. The summed E-state index contributed by atoms with van der Waals surface area (Å²) in [5, 5.41) is 3.38. The molecule has 3 N–H and O–H groups in total. The number of halogens is 1. The van der Waals surface area contributed by atoms with Gasteiger partial charge in [-0.25, -0.2) is 0 Å². The third-order valence-corrected chi connectivity index (χ3v) is 3.45. The maximum Gasteiger partial charge on any atom is 0.0585 e. The van der Waals surface area contributed by atoms with Crippen LogP contribution in [0.15, 0.2) is 22.7 Å². The summed E-state index contributed by atoms with van der Waals surface area (Å²) in [5.41, 5.74) is 7.72. The quantitative estimate of drug-likeness (QED) is 0.835. The molecule has 1 aromatic rings. The van der Waals surface area contributed by atoms with E-state index in [9.17, 15) is 0 Å². The molecule has 1 aliphatic rings. The number of hydrogen-bond donors (Lipinski definition) is 2. The van der Waals surface area contributed by atoms with E-state index in [1.807, 2.05) is 18.2 Å². The first kappa shape index (κ1) is 11.7. The van der Waals surface area contributed by atoms with Gasteiger partial charge in [0.15, 0.2) is 0 Å². The second-order valence-corrected chi connectivity index (χ2v) is 5.12. The molecular formula is C12H18BrN3. The van der Waals surface area contributed by atoms with Crippen molar-refractivity contribution in [1.29, 1.82) is 0 Å². The van der Waals surface area contributed by atoms with Crippen LogP contribution in [0, 0.1) is 0 Å². The van der Waals surface area contributed by atoms with Gasteiger partial charge in [-0.1, -0.05) is 15.9 Å². The molecule has 1 heterocycles. The number of nitrogens with zero attached hydrogens (tertiary/aromatic N) is 1. The van der Waals surface area contributed by atoms with Gasteiger partial charge in [0.05, 0.1) is 11.4 Å². The number of likely N-dealkylation sites (tertiary alicyclic amines) is 1. The third kappa shape index (κ3) is 3.12. The first-order valence-corrected chi connectivity index (χ1v) is 6.56. The minimum Gasteiger partial charge on any atom is -0.397 e. The van der Waals surface area contributed by atoms with E-state index in [1.165, 1.54) is 25.9 Å². The average molecular weight is 284 g/mol. The monoisotopic (exact) mass is 283 g/mol. The van der Waals surface area contributed by atoms with E-state index in [0.29, 0.717) is 0 Å². The highest BCUT2D eigenvalue weighted by Gasteiger charge is 2.10. The van der Waals surface area contributed by atoms with Crippen LogP contribution < -0.4 is 11.1 Å². The molecule has 0 aromatic heterocycles. The molecule has 0 aliphatic carbocycles. The molecule has 1 saturated heterocycles.